The van der Waals surface area contributed by atoms with Gasteiger partial charge in [-0.05, 0) is 95.2 Å². The largest absolute Gasteiger partial charge is 0.496 e. The number of hydrogen-bond acceptors (Lipinski definition) is 5. The van der Waals surface area contributed by atoms with Gasteiger partial charge in [0, 0.05) is 47.7 Å². The van der Waals surface area contributed by atoms with E-state index in [0.717, 1.165) is 45.9 Å². The molecule has 1 aliphatic carbocycles. The highest BCUT2D eigenvalue weighted by Crippen LogP contribution is 2.41. The first-order chi connectivity index (χ1) is 21.8. The number of rotatable bonds is 8. The average Bonchev–Trinajstić information content (AvgIpc) is 3.38. The number of nitrogens with zero attached hydrogens (tertiary/aromatic N) is 3. The van der Waals surface area contributed by atoms with Crippen molar-refractivity contribution in [1.29, 1.82) is 0 Å². The molecule has 0 spiro atoms. The lowest BCUT2D eigenvalue weighted by atomic mass is 9.84. The van der Waals surface area contributed by atoms with Gasteiger partial charge >= 0.3 is 6.09 Å². The van der Waals surface area contributed by atoms with E-state index < -0.39 is 29.2 Å². The molecule has 0 unspecified atom stereocenters. The highest BCUT2D eigenvalue weighted by Gasteiger charge is 2.35. The molecule has 0 bridgehead atoms. The van der Waals surface area contributed by atoms with Gasteiger partial charge in [-0.15, -0.1) is 11.3 Å². The Morgan fingerprint density at radius 1 is 1.04 bits per heavy atom. The third kappa shape index (κ3) is 6.98. The van der Waals surface area contributed by atoms with E-state index in [1.165, 1.54) is 4.90 Å². The number of benzene rings is 2. The van der Waals surface area contributed by atoms with Crippen LogP contribution in [0.1, 0.15) is 67.4 Å². The van der Waals surface area contributed by atoms with Crippen molar-refractivity contribution < 1.29 is 28.2 Å². The Bertz CT molecular complexity index is 1750. The van der Waals surface area contributed by atoms with E-state index in [-0.39, 0.29) is 38.5 Å². The summed E-state index contributed by atoms with van der Waals surface area (Å²) in [5.41, 5.74) is 2.93. The number of carbonyl (C=O) groups is 2. The number of aryl methyl sites for hydroxylation is 1. The van der Waals surface area contributed by atoms with Crippen LogP contribution in [0.3, 0.4) is 0 Å². The first kappa shape index (κ1) is 33.6. The molecule has 11 heteroatoms. The van der Waals surface area contributed by atoms with Gasteiger partial charge in [0.25, 0.3) is 5.91 Å². The molecule has 2 aromatic heterocycles. The summed E-state index contributed by atoms with van der Waals surface area (Å²) in [4.78, 5) is 34.1. The molecule has 0 aliphatic heterocycles. The molecule has 0 radical (unpaired) electrons. The zero-order valence-corrected chi connectivity index (χ0v) is 28.1. The Labute approximate surface area is 276 Å². The lowest BCUT2D eigenvalue weighted by molar-refractivity contribution is 0.0535. The molecule has 244 valence electrons. The van der Waals surface area contributed by atoms with Gasteiger partial charge in [0.15, 0.2) is 0 Å². The Hall–Kier alpha value is -3.76. The Morgan fingerprint density at radius 3 is 2.30 bits per heavy atom. The lowest BCUT2D eigenvalue weighted by Gasteiger charge is -2.40. The van der Waals surface area contributed by atoms with E-state index in [0.29, 0.717) is 38.0 Å². The van der Waals surface area contributed by atoms with Crippen LogP contribution in [0.2, 0.25) is 5.02 Å². The maximum atomic E-state index is 14.8. The quantitative estimate of drug-likeness (QED) is 0.202. The van der Waals surface area contributed by atoms with Crippen LogP contribution in [0.4, 0.5) is 13.6 Å². The fourth-order valence-electron chi connectivity index (χ4n) is 6.17. The molecule has 0 saturated heterocycles. The Balaban J connectivity index is 1.50. The van der Waals surface area contributed by atoms with E-state index >= 15 is 0 Å². The van der Waals surface area contributed by atoms with Gasteiger partial charge in [-0.2, -0.15) is 0 Å². The fraction of sp³-hybridized carbons (Fsp3) is 0.400. The van der Waals surface area contributed by atoms with Gasteiger partial charge in [0.05, 0.1) is 22.2 Å². The van der Waals surface area contributed by atoms with Crippen molar-refractivity contribution in [2.24, 2.45) is 5.92 Å². The van der Waals surface area contributed by atoms with Crippen LogP contribution in [0.25, 0.3) is 21.2 Å². The van der Waals surface area contributed by atoms with Crippen LogP contribution in [0.15, 0.2) is 48.7 Å². The normalized spacial score (nSPS) is 16.8. The molecule has 2 aromatic carbocycles. The Kier molecular flexibility index (Phi) is 9.89. The van der Waals surface area contributed by atoms with Crippen LogP contribution in [0.5, 0.6) is 5.75 Å². The molecule has 2 heterocycles. The van der Waals surface area contributed by atoms with Gasteiger partial charge in [-0.1, -0.05) is 23.7 Å². The van der Waals surface area contributed by atoms with Crippen molar-refractivity contribution >= 4 is 45.0 Å². The zero-order valence-electron chi connectivity index (χ0n) is 26.6. The molecule has 4 aromatic rings. The predicted molar refractivity (Wildman–Crippen MR) is 178 cm³/mol. The second-order valence-electron chi connectivity index (χ2n) is 12.9. The van der Waals surface area contributed by atoms with Crippen molar-refractivity contribution in [2.75, 3.05) is 13.7 Å². The summed E-state index contributed by atoms with van der Waals surface area (Å²) in [5.74, 6) is -1.02. The lowest BCUT2D eigenvalue weighted by Crippen LogP contribution is -2.48. The van der Waals surface area contributed by atoms with E-state index in [9.17, 15) is 23.5 Å². The molecule has 1 N–H and O–H groups in total. The number of ether oxygens (including phenoxy) is 1. The number of methoxy groups -OCH3 is 1. The number of pyridine rings is 1. The summed E-state index contributed by atoms with van der Waals surface area (Å²) in [6.45, 7) is 8.12. The minimum absolute atomic E-state index is 0.000556. The minimum Gasteiger partial charge on any atom is -0.496 e. The SMILES string of the molecule is COc1ccc(-c2ccc(C)nc2)cc1CN(C(=O)c1sc2c(F)ccc(F)c2c1Cl)C1CCC(CN(C(=O)O)C(C)(C)C)CC1. The average molecular weight is 670 g/mol. The van der Waals surface area contributed by atoms with Gasteiger partial charge in [-0.3, -0.25) is 9.78 Å². The monoisotopic (exact) mass is 669 g/mol. The second-order valence-corrected chi connectivity index (χ2v) is 14.3. The van der Waals surface area contributed by atoms with Gasteiger partial charge in [0.2, 0.25) is 0 Å². The molecule has 5 rings (SSSR count). The van der Waals surface area contributed by atoms with Gasteiger partial charge in [0.1, 0.15) is 22.3 Å². The predicted octanol–water partition coefficient (Wildman–Crippen LogP) is 9.19. The first-order valence-corrected chi connectivity index (χ1v) is 16.5. The summed E-state index contributed by atoms with van der Waals surface area (Å²) in [6.07, 6.45) is 3.52. The molecule has 1 saturated carbocycles. The van der Waals surface area contributed by atoms with Crippen LogP contribution in [0, 0.1) is 24.5 Å². The number of fused-ring (bicyclic) bond motifs is 1. The molecular formula is C35H38ClF2N3O4S. The molecule has 1 fully saturated rings. The maximum Gasteiger partial charge on any atom is 0.407 e. The van der Waals surface area contributed by atoms with Crippen molar-refractivity contribution in [1.82, 2.24) is 14.8 Å². The van der Waals surface area contributed by atoms with Crippen molar-refractivity contribution in [3.05, 3.63) is 81.5 Å². The van der Waals surface area contributed by atoms with E-state index in [2.05, 4.69) is 4.98 Å². The van der Waals surface area contributed by atoms with Gasteiger partial charge in [-0.25, -0.2) is 13.6 Å². The van der Waals surface area contributed by atoms with Crippen molar-refractivity contribution in [3.8, 4) is 16.9 Å². The molecule has 0 atom stereocenters. The number of carbonyl (C=O) groups excluding carboxylic acids is 1. The van der Waals surface area contributed by atoms with Crippen LogP contribution >= 0.6 is 22.9 Å². The summed E-state index contributed by atoms with van der Waals surface area (Å²) in [5, 5.41) is 9.63. The first-order valence-electron chi connectivity index (χ1n) is 15.3. The van der Waals surface area contributed by atoms with Crippen molar-refractivity contribution in [3.63, 3.8) is 0 Å². The topological polar surface area (TPSA) is 83.0 Å². The summed E-state index contributed by atoms with van der Waals surface area (Å²) >= 11 is 7.46. The highest BCUT2D eigenvalue weighted by molar-refractivity contribution is 7.21. The zero-order chi connectivity index (χ0) is 33.3. The number of halogens is 3. The molecule has 1 aliphatic rings. The van der Waals surface area contributed by atoms with Crippen LogP contribution in [-0.2, 0) is 6.54 Å². The van der Waals surface area contributed by atoms with E-state index in [4.69, 9.17) is 16.3 Å². The van der Waals surface area contributed by atoms with Crippen molar-refractivity contribution in [2.45, 2.75) is 71.5 Å². The number of amides is 2. The molecule has 46 heavy (non-hydrogen) atoms. The van der Waals surface area contributed by atoms with Gasteiger partial charge < -0.3 is 19.6 Å². The third-order valence-corrected chi connectivity index (χ3v) is 10.4. The number of aromatic nitrogens is 1. The summed E-state index contributed by atoms with van der Waals surface area (Å²) < 4.78 is 35.2. The van der Waals surface area contributed by atoms with Crippen LogP contribution < -0.4 is 4.74 Å². The fourth-order valence-corrected chi connectivity index (χ4v) is 7.68. The van der Waals surface area contributed by atoms with Crippen LogP contribution in [-0.4, -0.2) is 57.1 Å². The van der Waals surface area contributed by atoms with E-state index in [1.54, 1.807) is 18.2 Å². The standard InChI is InChI=1S/C35H38ClF2N3O4S/c1-20-6-9-23(17-39-20)22-10-15-28(45-5)24(16-22)19-40(25-11-7-21(8-12-25)18-41(34(43)44)35(2,3)4)33(42)32-30(36)29-26(37)13-14-27(38)31(29)46-32/h6,9-10,13-17,21,25H,7-8,11-12,18-19H2,1-5H3,(H,43,44). The number of thiophene rings is 1. The summed E-state index contributed by atoms with van der Waals surface area (Å²) in [6, 6.07) is 11.5. The van der Waals surface area contributed by atoms with E-state index in [1.807, 2.05) is 58.0 Å². The number of hydrogen-bond donors (Lipinski definition) is 1. The molecule has 2 amide bonds. The molecular weight excluding hydrogens is 632 g/mol. The summed E-state index contributed by atoms with van der Waals surface area (Å²) in [7, 11) is 1.57. The maximum absolute atomic E-state index is 14.8. The number of carboxylic acid groups (broad SMARTS) is 1. The minimum atomic E-state index is -0.957. The Morgan fingerprint density at radius 2 is 1.72 bits per heavy atom. The highest BCUT2D eigenvalue weighted by atomic mass is 35.5. The third-order valence-electron chi connectivity index (χ3n) is 8.74. The second kappa shape index (κ2) is 13.5. The smallest absolute Gasteiger partial charge is 0.407 e. The molecule has 7 nitrogen and oxygen atoms in total.